The first-order valence-corrected chi connectivity index (χ1v) is 9.00. The van der Waals surface area contributed by atoms with E-state index in [-0.39, 0.29) is 5.56 Å². The van der Waals surface area contributed by atoms with Crippen LogP contribution >= 0.6 is 0 Å². The third kappa shape index (κ3) is 5.48. The molecular weight excluding hydrogens is 312 g/mol. The minimum absolute atomic E-state index is 0.0215. The molecule has 0 bridgehead atoms. The van der Waals surface area contributed by atoms with Crippen molar-refractivity contribution in [1.82, 2.24) is 15.2 Å². The van der Waals surface area contributed by atoms with Gasteiger partial charge >= 0.3 is 0 Å². The maximum Gasteiger partial charge on any atom is 0.250 e. The second-order valence-electron chi connectivity index (χ2n) is 6.50. The largest absolute Gasteiger partial charge is 0.357 e. The molecule has 0 amide bonds. The Morgan fingerprint density at radius 2 is 1.88 bits per heavy atom. The van der Waals surface area contributed by atoms with E-state index in [4.69, 9.17) is 0 Å². The molecule has 0 atom stereocenters. The fourth-order valence-electron chi connectivity index (χ4n) is 2.61. The van der Waals surface area contributed by atoms with Gasteiger partial charge in [0.2, 0.25) is 0 Å². The number of pyridine rings is 1. The van der Waals surface area contributed by atoms with Gasteiger partial charge in [-0.1, -0.05) is 30.3 Å². The van der Waals surface area contributed by atoms with Gasteiger partial charge in [0.1, 0.15) is 0 Å². The quantitative estimate of drug-likeness (QED) is 0.602. The second kappa shape index (κ2) is 8.51. The molecule has 0 spiro atoms. The second-order valence-corrected chi connectivity index (χ2v) is 6.50. The van der Waals surface area contributed by atoms with Crippen LogP contribution in [0.4, 0.5) is 0 Å². The molecule has 0 saturated heterocycles. The summed E-state index contributed by atoms with van der Waals surface area (Å²) in [5.74, 6) is 1.71. The highest BCUT2D eigenvalue weighted by atomic mass is 16.1. The fourth-order valence-corrected chi connectivity index (χ4v) is 2.61. The fraction of sp³-hybridized carbons (Fsp3) is 0.400. The van der Waals surface area contributed by atoms with Gasteiger partial charge in [0.25, 0.3) is 5.56 Å². The van der Waals surface area contributed by atoms with Crippen LogP contribution in [-0.4, -0.2) is 23.6 Å². The van der Waals surface area contributed by atoms with Crippen LogP contribution in [0.15, 0.2) is 58.4 Å². The Kier molecular flexibility index (Phi) is 5.88. The topological polar surface area (TPSA) is 58.4 Å². The van der Waals surface area contributed by atoms with Gasteiger partial charge in [-0.25, -0.2) is 4.99 Å². The molecule has 5 nitrogen and oxygen atoms in total. The van der Waals surface area contributed by atoms with Gasteiger partial charge < -0.3 is 15.2 Å². The first-order chi connectivity index (χ1) is 12.2. The number of guanidine groups is 1. The van der Waals surface area contributed by atoms with Crippen LogP contribution in [0, 0.1) is 5.92 Å². The Hall–Kier alpha value is -2.56. The van der Waals surface area contributed by atoms with Crippen molar-refractivity contribution in [2.24, 2.45) is 10.9 Å². The summed E-state index contributed by atoms with van der Waals surface area (Å²) in [6, 6.07) is 13.5. The van der Waals surface area contributed by atoms with Crippen LogP contribution in [0.25, 0.3) is 0 Å². The zero-order valence-corrected chi connectivity index (χ0v) is 14.7. The average molecular weight is 338 g/mol. The molecule has 1 fully saturated rings. The minimum Gasteiger partial charge on any atom is -0.357 e. The van der Waals surface area contributed by atoms with Crippen LogP contribution in [0.2, 0.25) is 0 Å². The van der Waals surface area contributed by atoms with Gasteiger partial charge in [-0.15, -0.1) is 0 Å². The lowest BCUT2D eigenvalue weighted by atomic mass is 10.1. The summed E-state index contributed by atoms with van der Waals surface area (Å²) in [7, 11) is 0. The number of nitrogens with one attached hydrogen (secondary N) is 2. The van der Waals surface area contributed by atoms with Crippen molar-refractivity contribution in [3.63, 3.8) is 0 Å². The minimum atomic E-state index is 0.0215. The van der Waals surface area contributed by atoms with Crippen LogP contribution < -0.4 is 16.2 Å². The zero-order valence-electron chi connectivity index (χ0n) is 14.7. The van der Waals surface area contributed by atoms with Crippen molar-refractivity contribution < 1.29 is 0 Å². The summed E-state index contributed by atoms with van der Waals surface area (Å²) >= 11 is 0. The highest BCUT2D eigenvalue weighted by molar-refractivity contribution is 5.79. The normalized spacial score (nSPS) is 14.4. The van der Waals surface area contributed by atoms with Crippen LogP contribution in [0.3, 0.4) is 0 Å². The molecule has 3 rings (SSSR count). The van der Waals surface area contributed by atoms with Crippen molar-refractivity contribution >= 4 is 5.96 Å². The van der Waals surface area contributed by atoms with E-state index in [0.717, 1.165) is 36.1 Å². The number of aliphatic imine (C=N–C) groups is 1. The zero-order chi connectivity index (χ0) is 17.5. The van der Waals surface area contributed by atoms with Crippen molar-refractivity contribution in [3.8, 4) is 0 Å². The molecule has 1 saturated carbocycles. The van der Waals surface area contributed by atoms with Gasteiger partial charge in [-0.2, -0.15) is 0 Å². The van der Waals surface area contributed by atoms with Crippen molar-refractivity contribution in [2.75, 3.05) is 13.1 Å². The Labute approximate surface area is 148 Å². The van der Waals surface area contributed by atoms with E-state index in [2.05, 4.69) is 46.8 Å². The highest BCUT2D eigenvalue weighted by Crippen LogP contribution is 2.27. The monoisotopic (exact) mass is 338 g/mol. The van der Waals surface area contributed by atoms with Gasteiger partial charge in [0.15, 0.2) is 5.96 Å². The molecule has 2 N–H and O–H groups in total. The van der Waals surface area contributed by atoms with Crippen LogP contribution in [0.1, 0.15) is 30.9 Å². The molecule has 5 heteroatoms. The maximum absolute atomic E-state index is 11.8. The number of benzene rings is 1. The molecule has 1 aromatic heterocycles. The predicted molar refractivity (Wildman–Crippen MR) is 102 cm³/mol. The molecule has 2 aromatic rings. The number of nitrogens with zero attached hydrogens (tertiary/aromatic N) is 2. The van der Waals surface area contributed by atoms with E-state index < -0.39 is 0 Å². The molecule has 0 unspecified atom stereocenters. The maximum atomic E-state index is 11.8. The summed E-state index contributed by atoms with van der Waals surface area (Å²) in [6.45, 7) is 5.19. The Balaban J connectivity index is 1.58. The molecule has 0 aliphatic heterocycles. The molecule has 1 aliphatic carbocycles. The average Bonchev–Trinajstić information content (AvgIpc) is 3.45. The van der Waals surface area contributed by atoms with E-state index in [1.54, 1.807) is 16.7 Å². The highest BCUT2D eigenvalue weighted by Gasteiger charge is 2.20. The lowest BCUT2D eigenvalue weighted by molar-refractivity contribution is 0.739. The standard InChI is InChI=1S/C20H26N4O/c1-2-21-20(22-13-16-6-7-16)23-14-17-8-10-18(11-9-17)15-24-12-4-3-5-19(24)25/h3-5,8-12,16H,2,6-7,13-15H2,1H3,(H2,21,22,23). The van der Waals surface area contributed by atoms with E-state index in [1.165, 1.54) is 12.8 Å². The molecule has 0 radical (unpaired) electrons. The van der Waals surface area contributed by atoms with Crippen LogP contribution in [0.5, 0.6) is 0 Å². The van der Waals surface area contributed by atoms with E-state index >= 15 is 0 Å². The number of aromatic nitrogens is 1. The molecule has 1 aliphatic rings. The van der Waals surface area contributed by atoms with E-state index in [1.807, 2.05) is 12.3 Å². The SMILES string of the molecule is CCNC(=NCc1ccc(Cn2ccccc2=O)cc1)NCC1CC1. The number of rotatable bonds is 7. The summed E-state index contributed by atoms with van der Waals surface area (Å²) < 4.78 is 1.71. The van der Waals surface area contributed by atoms with E-state index in [9.17, 15) is 4.79 Å². The lowest BCUT2D eigenvalue weighted by Crippen LogP contribution is -2.38. The van der Waals surface area contributed by atoms with Gasteiger partial charge in [0, 0.05) is 25.4 Å². The summed E-state index contributed by atoms with van der Waals surface area (Å²) in [5, 5.41) is 6.69. The summed E-state index contributed by atoms with van der Waals surface area (Å²) in [5.41, 5.74) is 2.29. The lowest BCUT2D eigenvalue weighted by Gasteiger charge is -2.11. The third-order valence-corrected chi connectivity index (χ3v) is 4.29. The Morgan fingerprint density at radius 3 is 2.56 bits per heavy atom. The predicted octanol–water partition coefficient (Wildman–Crippen LogP) is 2.36. The first kappa shape index (κ1) is 17.3. The van der Waals surface area contributed by atoms with Crippen molar-refractivity contribution in [3.05, 3.63) is 70.1 Å². The van der Waals surface area contributed by atoms with Crippen LogP contribution in [-0.2, 0) is 13.1 Å². The van der Waals surface area contributed by atoms with E-state index in [0.29, 0.717) is 13.1 Å². The number of hydrogen-bond donors (Lipinski definition) is 2. The van der Waals surface area contributed by atoms with Gasteiger partial charge in [0.05, 0.1) is 13.1 Å². The smallest absolute Gasteiger partial charge is 0.250 e. The molecule has 25 heavy (non-hydrogen) atoms. The van der Waals surface area contributed by atoms with Crippen molar-refractivity contribution in [1.29, 1.82) is 0 Å². The third-order valence-electron chi connectivity index (χ3n) is 4.29. The first-order valence-electron chi connectivity index (χ1n) is 9.00. The van der Waals surface area contributed by atoms with Gasteiger partial charge in [-0.05, 0) is 42.9 Å². The van der Waals surface area contributed by atoms with Crippen molar-refractivity contribution in [2.45, 2.75) is 32.9 Å². The molecule has 1 aromatic carbocycles. The Morgan fingerprint density at radius 1 is 1.12 bits per heavy atom. The Bertz CT molecular complexity index is 760. The summed E-state index contributed by atoms with van der Waals surface area (Å²) in [6.07, 6.45) is 4.48. The summed E-state index contributed by atoms with van der Waals surface area (Å²) in [4.78, 5) is 16.4. The number of hydrogen-bond acceptors (Lipinski definition) is 2. The molecule has 1 heterocycles. The molecule has 132 valence electrons. The molecular formula is C20H26N4O. The van der Waals surface area contributed by atoms with Gasteiger partial charge in [-0.3, -0.25) is 4.79 Å².